The van der Waals surface area contributed by atoms with E-state index in [9.17, 15) is 9.59 Å². The van der Waals surface area contributed by atoms with Crippen LogP contribution in [0, 0.1) is 0 Å². The highest BCUT2D eigenvalue weighted by Gasteiger charge is 2.50. The van der Waals surface area contributed by atoms with Crippen molar-refractivity contribution in [2.24, 2.45) is 0 Å². The fourth-order valence-corrected chi connectivity index (χ4v) is 5.51. The molecule has 5 nitrogen and oxygen atoms in total. The molecular weight excluding hydrogens is 474 g/mol. The van der Waals surface area contributed by atoms with Gasteiger partial charge in [0.2, 0.25) is 0 Å². The minimum atomic E-state index is -0.785. The molecule has 1 aliphatic rings. The van der Waals surface area contributed by atoms with E-state index in [4.69, 9.17) is 9.47 Å². The van der Waals surface area contributed by atoms with Crippen LogP contribution < -0.4 is 0 Å². The molecule has 5 rings (SSSR count). The summed E-state index contributed by atoms with van der Waals surface area (Å²) < 4.78 is 10.3. The van der Waals surface area contributed by atoms with Crippen LogP contribution in [0.2, 0.25) is 0 Å². The molecule has 1 atom stereocenters. The molecule has 1 aliphatic heterocycles. The summed E-state index contributed by atoms with van der Waals surface area (Å²) in [5.41, 5.74) is 4.48. The number of hydrogen-bond acceptors (Lipinski definition) is 5. The zero-order valence-corrected chi connectivity index (χ0v) is 21.4. The van der Waals surface area contributed by atoms with Crippen LogP contribution in [0.25, 0.3) is 5.57 Å². The second-order valence-corrected chi connectivity index (χ2v) is 9.11. The smallest absolute Gasteiger partial charge is 0.337 e. The van der Waals surface area contributed by atoms with Gasteiger partial charge in [0.15, 0.2) is 0 Å². The predicted molar refractivity (Wildman–Crippen MR) is 147 cm³/mol. The molecule has 0 amide bonds. The number of methoxy groups -OCH3 is 2. The van der Waals surface area contributed by atoms with Gasteiger partial charge in [-0.05, 0) is 40.0 Å². The summed E-state index contributed by atoms with van der Waals surface area (Å²) in [7, 11) is 2.78. The first-order chi connectivity index (χ1) is 18.6. The van der Waals surface area contributed by atoms with Gasteiger partial charge in [-0.2, -0.15) is 0 Å². The van der Waals surface area contributed by atoms with Crippen LogP contribution in [0.15, 0.2) is 121 Å². The Kier molecular flexibility index (Phi) is 7.20. The lowest BCUT2D eigenvalue weighted by Crippen LogP contribution is -2.54. The molecule has 190 valence electrons. The highest BCUT2D eigenvalue weighted by atomic mass is 16.5. The highest BCUT2D eigenvalue weighted by molar-refractivity contribution is 5.95. The molecule has 0 bridgehead atoms. The first-order valence-electron chi connectivity index (χ1n) is 12.5. The SMILES string of the molecule is COC(=O)c1ccc(C2=CCN(C(c3ccccc3)(c3ccccc3)c3ccccc3)[C@@H]2C(=O)OC)cc1. The topological polar surface area (TPSA) is 55.8 Å². The first kappa shape index (κ1) is 25.2. The lowest BCUT2D eigenvalue weighted by molar-refractivity contribution is -0.145. The summed E-state index contributed by atoms with van der Waals surface area (Å²) in [6.07, 6.45) is 2.08. The van der Waals surface area contributed by atoms with E-state index in [-0.39, 0.29) is 5.97 Å². The van der Waals surface area contributed by atoms with E-state index in [1.165, 1.54) is 14.2 Å². The van der Waals surface area contributed by atoms with Crippen LogP contribution in [0.3, 0.4) is 0 Å². The van der Waals surface area contributed by atoms with E-state index < -0.39 is 17.6 Å². The summed E-state index contributed by atoms with van der Waals surface area (Å²) in [6.45, 7) is 0.506. The maximum Gasteiger partial charge on any atom is 0.337 e. The highest BCUT2D eigenvalue weighted by Crippen LogP contribution is 2.47. The Labute approximate surface area is 223 Å². The van der Waals surface area contributed by atoms with Gasteiger partial charge >= 0.3 is 11.9 Å². The number of carbonyl (C=O) groups excluding carboxylic acids is 2. The van der Waals surface area contributed by atoms with Gasteiger partial charge in [-0.15, -0.1) is 0 Å². The number of rotatable bonds is 7. The molecule has 0 aliphatic carbocycles. The van der Waals surface area contributed by atoms with Crippen LogP contribution in [0.5, 0.6) is 0 Å². The molecule has 1 heterocycles. The normalized spacial score (nSPS) is 15.5. The van der Waals surface area contributed by atoms with E-state index in [2.05, 4.69) is 47.4 Å². The lowest BCUT2D eigenvalue weighted by Gasteiger charge is -2.46. The maximum absolute atomic E-state index is 13.6. The number of benzene rings is 4. The van der Waals surface area contributed by atoms with E-state index in [1.54, 1.807) is 12.1 Å². The molecule has 0 saturated heterocycles. The molecule has 0 fully saturated rings. The van der Waals surface area contributed by atoms with Gasteiger partial charge in [-0.25, -0.2) is 9.59 Å². The fourth-order valence-electron chi connectivity index (χ4n) is 5.51. The summed E-state index contributed by atoms with van der Waals surface area (Å²) in [4.78, 5) is 27.8. The van der Waals surface area contributed by atoms with Crippen molar-refractivity contribution < 1.29 is 19.1 Å². The van der Waals surface area contributed by atoms with E-state index in [0.717, 1.165) is 27.8 Å². The van der Waals surface area contributed by atoms with Crippen LogP contribution in [0.1, 0.15) is 32.6 Å². The predicted octanol–water partition coefficient (Wildman–Crippen LogP) is 5.71. The van der Waals surface area contributed by atoms with Crippen molar-refractivity contribution in [1.82, 2.24) is 4.90 Å². The number of ether oxygens (including phenoxy) is 2. The molecule has 0 radical (unpaired) electrons. The Bertz CT molecular complexity index is 1330. The van der Waals surface area contributed by atoms with Crippen molar-refractivity contribution >= 4 is 17.5 Å². The van der Waals surface area contributed by atoms with Crippen molar-refractivity contribution in [2.45, 2.75) is 11.6 Å². The lowest BCUT2D eigenvalue weighted by atomic mass is 9.74. The van der Waals surface area contributed by atoms with Gasteiger partial charge in [0.1, 0.15) is 6.04 Å². The minimum absolute atomic E-state index is 0.349. The van der Waals surface area contributed by atoms with Gasteiger partial charge in [0.25, 0.3) is 0 Å². The quantitative estimate of drug-likeness (QED) is 0.239. The molecule has 0 N–H and O–H groups in total. The van der Waals surface area contributed by atoms with Crippen molar-refractivity contribution in [1.29, 1.82) is 0 Å². The zero-order chi connectivity index (χ0) is 26.5. The van der Waals surface area contributed by atoms with Gasteiger partial charge in [-0.3, -0.25) is 4.90 Å². The summed E-state index contributed by atoms with van der Waals surface area (Å²) in [5, 5.41) is 0. The van der Waals surface area contributed by atoms with Crippen molar-refractivity contribution in [3.8, 4) is 0 Å². The molecule has 38 heavy (non-hydrogen) atoms. The van der Waals surface area contributed by atoms with Crippen LogP contribution in [-0.2, 0) is 19.8 Å². The molecule has 0 aromatic heterocycles. The molecule has 0 saturated carbocycles. The average Bonchev–Trinajstić information content (AvgIpc) is 3.44. The third-order valence-corrected chi connectivity index (χ3v) is 7.18. The summed E-state index contributed by atoms with van der Waals surface area (Å²) in [6, 6.07) is 37.3. The Hall–Kier alpha value is -4.48. The second kappa shape index (κ2) is 10.9. The summed E-state index contributed by atoms with van der Waals surface area (Å²) in [5.74, 6) is -0.752. The number of carbonyl (C=O) groups is 2. The van der Waals surface area contributed by atoms with E-state index in [0.29, 0.717) is 12.1 Å². The third kappa shape index (κ3) is 4.31. The van der Waals surface area contributed by atoms with Gasteiger partial charge < -0.3 is 9.47 Å². The average molecular weight is 504 g/mol. The summed E-state index contributed by atoms with van der Waals surface area (Å²) >= 11 is 0. The Morgan fingerprint density at radius 2 is 1.16 bits per heavy atom. The number of nitrogens with zero attached hydrogens (tertiary/aromatic N) is 1. The zero-order valence-electron chi connectivity index (χ0n) is 21.4. The van der Waals surface area contributed by atoms with E-state index >= 15 is 0 Å². The van der Waals surface area contributed by atoms with Gasteiger partial charge in [0, 0.05) is 6.54 Å². The Balaban J connectivity index is 1.72. The fraction of sp³-hybridized carbons (Fsp3) is 0.152. The molecule has 5 heteroatoms. The second-order valence-electron chi connectivity index (χ2n) is 9.11. The molecular formula is C33H29NO4. The van der Waals surface area contributed by atoms with Crippen LogP contribution >= 0.6 is 0 Å². The molecule has 4 aromatic carbocycles. The number of esters is 2. The molecule has 0 spiro atoms. The van der Waals surface area contributed by atoms with Crippen LogP contribution in [0.4, 0.5) is 0 Å². The monoisotopic (exact) mass is 503 g/mol. The Morgan fingerprint density at radius 1 is 0.684 bits per heavy atom. The standard InChI is InChI=1S/C33H29NO4/c1-37-31(35)25-20-18-24(19-21-25)29-22-23-34(30(29)32(36)38-2)33(26-12-6-3-7-13-26,27-14-8-4-9-15-27)28-16-10-5-11-17-28/h3-22,30H,23H2,1-2H3/t30-/m0/s1. The van der Waals surface area contributed by atoms with Gasteiger partial charge in [-0.1, -0.05) is 109 Å². The van der Waals surface area contributed by atoms with E-state index in [1.807, 2.05) is 66.7 Å². The van der Waals surface area contributed by atoms with Gasteiger partial charge in [0.05, 0.1) is 25.3 Å². The molecule has 0 unspecified atom stereocenters. The van der Waals surface area contributed by atoms with Crippen LogP contribution in [-0.4, -0.2) is 43.6 Å². The van der Waals surface area contributed by atoms with Crippen molar-refractivity contribution in [3.63, 3.8) is 0 Å². The Morgan fingerprint density at radius 3 is 1.58 bits per heavy atom. The minimum Gasteiger partial charge on any atom is -0.468 e. The first-order valence-corrected chi connectivity index (χ1v) is 12.5. The maximum atomic E-state index is 13.6. The third-order valence-electron chi connectivity index (χ3n) is 7.18. The number of hydrogen-bond donors (Lipinski definition) is 0. The largest absolute Gasteiger partial charge is 0.468 e. The van der Waals surface area contributed by atoms with Crippen molar-refractivity contribution in [2.75, 3.05) is 20.8 Å². The van der Waals surface area contributed by atoms with Crippen molar-refractivity contribution in [3.05, 3.63) is 149 Å². The molecule has 4 aromatic rings.